The molecule has 0 atom stereocenters. The van der Waals surface area contributed by atoms with Gasteiger partial charge in [-0.2, -0.15) is 0 Å². The predicted octanol–water partition coefficient (Wildman–Crippen LogP) is 3.79. The third kappa shape index (κ3) is 3.82. The molecule has 1 heterocycles. The maximum Gasteiger partial charge on any atom is 0.253 e. The number of sulfone groups is 1. The maximum atomic E-state index is 14.1. The Bertz CT molecular complexity index is 1230. The van der Waals surface area contributed by atoms with E-state index in [0.29, 0.717) is 22.4 Å². The van der Waals surface area contributed by atoms with Crippen molar-refractivity contribution in [2.45, 2.75) is 11.8 Å². The van der Waals surface area contributed by atoms with Crippen LogP contribution in [0.5, 0.6) is 0 Å². The quantitative estimate of drug-likeness (QED) is 0.719. The van der Waals surface area contributed by atoms with Crippen molar-refractivity contribution in [3.8, 4) is 11.1 Å². The molecular weight excluding hydrogens is 386 g/mol. The summed E-state index contributed by atoms with van der Waals surface area (Å²) >= 11 is 0. The second-order valence-electron chi connectivity index (χ2n) is 6.50. The van der Waals surface area contributed by atoms with Crippen LogP contribution >= 0.6 is 0 Å². The van der Waals surface area contributed by atoms with E-state index in [9.17, 15) is 22.0 Å². The van der Waals surface area contributed by atoms with Crippen molar-refractivity contribution in [1.29, 1.82) is 0 Å². The van der Waals surface area contributed by atoms with Crippen molar-refractivity contribution in [2.24, 2.45) is 7.05 Å². The molecule has 1 N–H and O–H groups in total. The van der Waals surface area contributed by atoms with E-state index in [4.69, 9.17) is 0 Å². The second kappa shape index (κ2) is 7.20. The van der Waals surface area contributed by atoms with E-state index in [-0.39, 0.29) is 16.1 Å². The average Bonchev–Trinajstić information content (AvgIpc) is 2.62. The Morgan fingerprint density at radius 2 is 1.64 bits per heavy atom. The van der Waals surface area contributed by atoms with Gasteiger partial charge in [-0.05, 0) is 48.9 Å². The molecule has 0 radical (unpaired) electrons. The number of rotatable bonds is 4. The number of hydrogen-bond acceptors (Lipinski definition) is 4. The molecule has 8 heteroatoms. The summed E-state index contributed by atoms with van der Waals surface area (Å²) in [6.45, 7) is 1.63. The summed E-state index contributed by atoms with van der Waals surface area (Å²) in [7, 11) is -1.89. The van der Waals surface area contributed by atoms with Crippen molar-refractivity contribution in [3.63, 3.8) is 0 Å². The van der Waals surface area contributed by atoms with Crippen LogP contribution in [0.15, 0.2) is 58.4 Å². The molecular formula is C20H18F2N2O3S. The topological polar surface area (TPSA) is 68.2 Å². The highest BCUT2D eigenvalue weighted by Gasteiger charge is 2.16. The first-order chi connectivity index (χ1) is 13.1. The molecule has 146 valence electrons. The Morgan fingerprint density at radius 1 is 0.964 bits per heavy atom. The number of nitrogens with one attached hydrogen (secondary N) is 1. The van der Waals surface area contributed by atoms with Gasteiger partial charge in [-0.1, -0.05) is 0 Å². The molecule has 28 heavy (non-hydrogen) atoms. The first kappa shape index (κ1) is 19.8. The van der Waals surface area contributed by atoms with Gasteiger partial charge in [-0.25, -0.2) is 17.2 Å². The fourth-order valence-corrected chi connectivity index (χ4v) is 3.52. The zero-order valence-electron chi connectivity index (χ0n) is 15.5. The molecule has 5 nitrogen and oxygen atoms in total. The smallest absolute Gasteiger partial charge is 0.253 e. The summed E-state index contributed by atoms with van der Waals surface area (Å²) in [4.78, 5) is 12.4. The number of aryl methyl sites for hydroxylation is 1. The maximum absolute atomic E-state index is 14.1. The molecule has 0 unspecified atom stereocenters. The highest BCUT2D eigenvalue weighted by molar-refractivity contribution is 7.90. The summed E-state index contributed by atoms with van der Waals surface area (Å²) in [5, 5.41) is 2.86. The summed E-state index contributed by atoms with van der Waals surface area (Å²) in [6, 6.07) is 9.10. The summed E-state index contributed by atoms with van der Waals surface area (Å²) in [5.74, 6) is -1.50. The normalized spacial score (nSPS) is 11.5. The van der Waals surface area contributed by atoms with Crippen LogP contribution in [-0.2, 0) is 16.9 Å². The molecule has 0 saturated carbocycles. The van der Waals surface area contributed by atoms with Crippen molar-refractivity contribution < 1.29 is 17.2 Å². The average molecular weight is 404 g/mol. The van der Waals surface area contributed by atoms with Gasteiger partial charge in [-0.3, -0.25) is 4.79 Å². The summed E-state index contributed by atoms with van der Waals surface area (Å²) < 4.78 is 52.7. The lowest BCUT2D eigenvalue weighted by Gasteiger charge is -2.16. The lowest BCUT2D eigenvalue weighted by Crippen LogP contribution is -2.19. The van der Waals surface area contributed by atoms with Crippen molar-refractivity contribution in [3.05, 3.63) is 76.2 Å². The van der Waals surface area contributed by atoms with Crippen LogP contribution in [0.3, 0.4) is 0 Å². The van der Waals surface area contributed by atoms with Gasteiger partial charge in [0, 0.05) is 42.4 Å². The van der Waals surface area contributed by atoms with Crippen LogP contribution in [0.1, 0.15) is 5.56 Å². The SMILES string of the molecule is Cc1c(-c2cc(S(C)(=O)=O)ccc2Nc2ccc(F)cc2F)ccn(C)c1=O. The molecule has 2 aromatic carbocycles. The lowest BCUT2D eigenvalue weighted by atomic mass is 10.00. The molecule has 3 aromatic rings. The summed E-state index contributed by atoms with van der Waals surface area (Å²) in [6.07, 6.45) is 2.65. The molecule has 3 rings (SSSR count). The zero-order chi connectivity index (χ0) is 20.6. The fraction of sp³-hybridized carbons (Fsp3) is 0.150. The van der Waals surface area contributed by atoms with Crippen molar-refractivity contribution in [2.75, 3.05) is 11.6 Å². The third-order valence-electron chi connectivity index (χ3n) is 4.42. The van der Waals surface area contributed by atoms with Crippen molar-refractivity contribution in [1.82, 2.24) is 4.57 Å². The Hall–Kier alpha value is -3.00. The van der Waals surface area contributed by atoms with Crippen LogP contribution in [0, 0.1) is 18.6 Å². The first-order valence-electron chi connectivity index (χ1n) is 8.30. The fourth-order valence-electron chi connectivity index (χ4n) is 2.87. The summed E-state index contributed by atoms with van der Waals surface area (Å²) in [5.41, 5.74) is 1.52. The largest absolute Gasteiger partial charge is 0.353 e. The van der Waals surface area contributed by atoms with E-state index in [2.05, 4.69) is 5.32 Å². The van der Waals surface area contributed by atoms with E-state index < -0.39 is 21.5 Å². The van der Waals surface area contributed by atoms with Crippen molar-refractivity contribution >= 4 is 21.2 Å². The van der Waals surface area contributed by atoms with Gasteiger partial charge >= 0.3 is 0 Å². The van der Waals surface area contributed by atoms with Gasteiger partial charge in [0.05, 0.1) is 10.6 Å². The van der Waals surface area contributed by atoms with Gasteiger partial charge in [0.1, 0.15) is 11.6 Å². The number of hydrogen-bond donors (Lipinski definition) is 1. The molecule has 0 fully saturated rings. The van der Waals surface area contributed by atoms with Gasteiger partial charge < -0.3 is 9.88 Å². The minimum Gasteiger partial charge on any atom is -0.353 e. The number of benzene rings is 2. The van der Waals surface area contributed by atoms with Crippen LogP contribution in [0.2, 0.25) is 0 Å². The zero-order valence-corrected chi connectivity index (χ0v) is 16.3. The van der Waals surface area contributed by atoms with Crippen LogP contribution in [0.4, 0.5) is 20.2 Å². The number of anilines is 2. The van der Waals surface area contributed by atoms with Crippen LogP contribution in [-0.4, -0.2) is 19.2 Å². The lowest BCUT2D eigenvalue weighted by molar-refractivity contribution is 0.586. The van der Waals surface area contributed by atoms with Crippen LogP contribution in [0.25, 0.3) is 11.1 Å². The minimum atomic E-state index is -3.50. The standard InChI is InChI=1S/C20H18F2N2O3S/c1-12-15(8-9-24(2)20(12)25)16-11-14(28(3,26)27)5-7-18(16)23-19-6-4-13(21)10-17(19)22/h4-11,23H,1-3H3. The molecule has 0 bridgehead atoms. The van der Waals surface area contributed by atoms with Gasteiger partial charge in [0.15, 0.2) is 9.84 Å². The number of aromatic nitrogens is 1. The third-order valence-corrected chi connectivity index (χ3v) is 5.53. The monoisotopic (exact) mass is 404 g/mol. The van der Waals surface area contributed by atoms with Gasteiger partial charge in [0.25, 0.3) is 5.56 Å². The minimum absolute atomic E-state index is 0.0243. The van der Waals surface area contributed by atoms with Gasteiger partial charge in [0.2, 0.25) is 0 Å². The number of halogens is 2. The molecule has 0 saturated heterocycles. The number of nitrogens with zero attached hydrogens (tertiary/aromatic N) is 1. The molecule has 0 spiro atoms. The highest BCUT2D eigenvalue weighted by Crippen LogP contribution is 2.34. The Kier molecular flexibility index (Phi) is 5.08. The second-order valence-corrected chi connectivity index (χ2v) is 8.51. The van der Waals surface area contributed by atoms with E-state index in [1.54, 1.807) is 26.2 Å². The highest BCUT2D eigenvalue weighted by atomic mass is 32.2. The Balaban J connectivity index is 2.23. The molecule has 0 aliphatic rings. The van der Waals surface area contributed by atoms with E-state index in [0.717, 1.165) is 18.4 Å². The molecule has 1 aromatic heterocycles. The molecule has 0 amide bonds. The van der Waals surface area contributed by atoms with Crippen LogP contribution < -0.4 is 10.9 Å². The Labute approximate surface area is 161 Å². The van der Waals surface area contributed by atoms with E-state index in [1.165, 1.54) is 28.8 Å². The van der Waals surface area contributed by atoms with E-state index in [1.807, 2.05) is 0 Å². The predicted molar refractivity (Wildman–Crippen MR) is 105 cm³/mol. The number of pyridine rings is 1. The van der Waals surface area contributed by atoms with E-state index >= 15 is 0 Å². The Morgan fingerprint density at radius 3 is 2.29 bits per heavy atom. The molecule has 0 aliphatic heterocycles. The van der Waals surface area contributed by atoms with Gasteiger partial charge in [-0.15, -0.1) is 0 Å². The molecule has 0 aliphatic carbocycles. The first-order valence-corrected chi connectivity index (χ1v) is 10.2.